The van der Waals surface area contributed by atoms with Crippen molar-refractivity contribution in [2.24, 2.45) is 5.41 Å². The van der Waals surface area contributed by atoms with E-state index in [0.717, 1.165) is 8.95 Å². The molecule has 0 aromatic heterocycles. The van der Waals surface area contributed by atoms with Gasteiger partial charge in [0.15, 0.2) is 0 Å². The molecule has 7 nitrogen and oxygen atoms in total. The molecule has 28 heavy (non-hydrogen) atoms. The second-order valence-corrected chi connectivity index (χ2v) is 9.35. The number of nitrogens with zero attached hydrogens (tertiary/aromatic N) is 2. The maximum atomic E-state index is 12.0. The van der Waals surface area contributed by atoms with E-state index in [0.29, 0.717) is 11.1 Å². The first-order valence-corrected chi connectivity index (χ1v) is 10.3. The molecular formula is C19H19Br2N3O4. The van der Waals surface area contributed by atoms with E-state index in [1.165, 1.54) is 0 Å². The van der Waals surface area contributed by atoms with Crippen molar-refractivity contribution in [2.75, 3.05) is 0 Å². The number of nitro groups is 2. The van der Waals surface area contributed by atoms with Gasteiger partial charge in [-0.2, -0.15) is 0 Å². The highest BCUT2D eigenvalue weighted by Crippen LogP contribution is 2.47. The van der Waals surface area contributed by atoms with Gasteiger partial charge in [0.1, 0.15) is 17.5 Å². The van der Waals surface area contributed by atoms with Gasteiger partial charge in [0.05, 0.1) is 0 Å². The number of hydrogen-bond acceptors (Lipinski definition) is 5. The number of nitrogens with one attached hydrogen (secondary N) is 1. The molecule has 2 aromatic carbocycles. The van der Waals surface area contributed by atoms with Crippen molar-refractivity contribution in [3.05, 3.63) is 88.8 Å². The van der Waals surface area contributed by atoms with Crippen LogP contribution in [0.4, 0.5) is 0 Å². The van der Waals surface area contributed by atoms with Gasteiger partial charge in [-0.15, -0.1) is 0 Å². The van der Waals surface area contributed by atoms with Crippen LogP contribution in [0.15, 0.2) is 57.5 Å². The molecule has 0 aliphatic carbocycles. The van der Waals surface area contributed by atoms with Gasteiger partial charge >= 0.3 is 0 Å². The zero-order chi connectivity index (χ0) is 20.6. The Bertz CT molecular complexity index is 850. The average Bonchev–Trinajstić information content (AvgIpc) is 2.59. The van der Waals surface area contributed by atoms with Crippen LogP contribution >= 0.6 is 31.9 Å². The van der Waals surface area contributed by atoms with Crippen molar-refractivity contribution in [1.29, 1.82) is 0 Å². The maximum Gasteiger partial charge on any atom is 0.243 e. The van der Waals surface area contributed by atoms with E-state index in [1.54, 1.807) is 38.1 Å². The first kappa shape index (κ1) is 20.9. The van der Waals surface area contributed by atoms with Crippen LogP contribution in [0.2, 0.25) is 0 Å². The molecule has 1 fully saturated rings. The molecule has 1 aliphatic heterocycles. The molecule has 0 spiro atoms. The van der Waals surface area contributed by atoms with E-state index in [2.05, 4.69) is 37.2 Å². The molecule has 3 rings (SSSR count). The summed E-state index contributed by atoms with van der Waals surface area (Å²) >= 11 is 6.81. The van der Waals surface area contributed by atoms with Crippen LogP contribution in [0.3, 0.4) is 0 Å². The van der Waals surface area contributed by atoms with Gasteiger partial charge in [0.2, 0.25) is 12.1 Å². The number of benzene rings is 2. The lowest BCUT2D eigenvalue weighted by Gasteiger charge is -2.44. The lowest BCUT2D eigenvalue weighted by molar-refractivity contribution is -0.605. The first-order valence-electron chi connectivity index (χ1n) is 8.67. The smallest absolute Gasteiger partial charge is 0.243 e. The van der Waals surface area contributed by atoms with Crippen molar-refractivity contribution < 1.29 is 9.85 Å². The molecule has 0 amide bonds. The van der Waals surface area contributed by atoms with Crippen LogP contribution in [-0.2, 0) is 0 Å². The van der Waals surface area contributed by atoms with Gasteiger partial charge < -0.3 is 0 Å². The molecule has 148 valence electrons. The van der Waals surface area contributed by atoms with Gasteiger partial charge in [-0.25, -0.2) is 0 Å². The highest BCUT2D eigenvalue weighted by atomic mass is 79.9. The standard InChI is InChI=1S/C19H19Br2N3O4/c1-19(2)17(23(25)26)15(11-5-3-7-13(20)9-11)22-16(18(19)24(27)28)12-6-4-8-14(21)10-12/h3-10,15-18,22H,1-2H3/t15-,16-,17-,18+/m0/s1. The molecule has 1 aliphatic rings. The maximum absolute atomic E-state index is 12.0. The number of hydrogen-bond donors (Lipinski definition) is 1. The average molecular weight is 513 g/mol. The van der Waals surface area contributed by atoms with E-state index in [9.17, 15) is 20.2 Å². The Hall–Kier alpha value is -1.84. The van der Waals surface area contributed by atoms with Crippen LogP contribution in [0.25, 0.3) is 0 Å². The van der Waals surface area contributed by atoms with Crippen LogP contribution in [-0.4, -0.2) is 21.9 Å². The highest BCUT2D eigenvalue weighted by molar-refractivity contribution is 9.10. The second-order valence-electron chi connectivity index (χ2n) is 7.51. The number of rotatable bonds is 4. The molecule has 0 unspecified atom stereocenters. The SMILES string of the molecule is CC1(C)[C@@H]([N+](=O)[O-])[C@H](c2cccc(Br)c2)N[C@@H](c2cccc(Br)c2)[C@H]1[N+](=O)[O-]. The monoisotopic (exact) mass is 511 g/mol. The summed E-state index contributed by atoms with van der Waals surface area (Å²) < 4.78 is 1.59. The van der Waals surface area contributed by atoms with Crippen LogP contribution in [0.5, 0.6) is 0 Å². The molecule has 4 atom stereocenters. The summed E-state index contributed by atoms with van der Waals surface area (Å²) in [6.45, 7) is 3.23. The molecule has 1 saturated heterocycles. The van der Waals surface area contributed by atoms with Crippen molar-refractivity contribution in [3.8, 4) is 0 Å². The fourth-order valence-electron chi connectivity index (χ4n) is 4.15. The minimum atomic E-state index is -1.20. The molecule has 9 heteroatoms. The summed E-state index contributed by atoms with van der Waals surface area (Å²) in [4.78, 5) is 23.3. The quantitative estimate of drug-likeness (QED) is 0.463. The molecule has 0 radical (unpaired) electrons. The lowest BCUT2D eigenvalue weighted by Crippen LogP contribution is -2.63. The minimum absolute atomic E-state index is 0.397. The molecule has 1 N–H and O–H groups in total. The predicted molar refractivity (Wildman–Crippen MR) is 112 cm³/mol. The minimum Gasteiger partial charge on any atom is -0.291 e. The van der Waals surface area contributed by atoms with Gasteiger partial charge in [-0.1, -0.05) is 56.1 Å². The van der Waals surface area contributed by atoms with Crippen LogP contribution < -0.4 is 5.32 Å². The number of halogens is 2. The summed E-state index contributed by atoms with van der Waals surface area (Å²) in [7, 11) is 0. The third-order valence-electron chi connectivity index (χ3n) is 5.39. The van der Waals surface area contributed by atoms with E-state index in [-0.39, 0.29) is 0 Å². The van der Waals surface area contributed by atoms with Gasteiger partial charge in [0, 0.05) is 18.8 Å². The van der Waals surface area contributed by atoms with E-state index in [4.69, 9.17) is 0 Å². The highest BCUT2D eigenvalue weighted by Gasteiger charge is 2.62. The third-order valence-corrected chi connectivity index (χ3v) is 6.37. The topological polar surface area (TPSA) is 98.3 Å². The Morgan fingerprint density at radius 2 is 1.25 bits per heavy atom. The van der Waals surface area contributed by atoms with Crippen molar-refractivity contribution in [3.63, 3.8) is 0 Å². The van der Waals surface area contributed by atoms with E-state index in [1.807, 2.05) is 24.3 Å². The Morgan fingerprint density at radius 1 is 0.857 bits per heavy atom. The van der Waals surface area contributed by atoms with Gasteiger partial charge in [-0.3, -0.25) is 25.5 Å². The Morgan fingerprint density at radius 3 is 1.57 bits per heavy atom. The summed E-state index contributed by atoms with van der Waals surface area (Å²) in [5.74, 6) is 0. The molecule has 1 heterocycles. The third kappa shape index (κ3) is 3.83. The van der Waals surface area contributed by atoms with E-state index >= 15 is 0 Å². The van der Waals surface area contributed by atoms with Gasteiger partial charge in [-0.05, 0) is 49.2 Å². The fourth-order valence-corrected chi connectivity index (χ4v) is 4.99. The molecular weight excluding hydrogens is 494 g/mol. The van der Waals surface area contributed by atoms with Crippen molar-refractivity contribution in [2.45, 2.75) is 38.0 Å². The zero-order valence-electron chi connectivity index (χ0n) is 15.2. The Kier molecular flexibility index (Phi) is 5.88. The fraction of sp³-hybridized carbons (Fsp3) is 0.368. The van der Waals surface area contributed by atoms with Gasteiger partial charge in [0.25, 0.3) is 0 Å². The molecule has 0 bridgehead atoms. The normalized spacial score (nSPS) is 26.6. The molecule has 0 saturated carbocycles. The van der Waals surface area contributed by atoms with E-state index < -0.39 is 39.4 Å². The summed E-state index contributed by atoms with van der Waals surface area (Å²) in [5, 5.41) is 27.3. The summed E-state index contributed by atoms with van der Waals surface area (Å²) in [6, 6.07) is 10.8. The zero-order valence-corrected chi connectivity index (χ0v) is 18.4. The summed E-state index contributed by atoms with van der Waals surface area (Å²) in [6.07, 6.45) is 0. The largest absolute Gasteiger partial charge is 0.291 e. The Balaban J connectivity index is 2.18. The molecule has 2 aromatic rings. The first-order chi connectivity index (χ1) is 13.1. The predicted octanol–water partition coefficient (Wildman–Crippen LogP) is 4.91. The van der Waals surface area contributed by atoms with Crippen LogP contribution in [0, 0.1) is 25.6 Å². The lowest BCUT2D eigenvalue weighted by atomic mass is 9.66. The second kappa shape index (κ2) is 7.88. The Labute approximate surface area is 179 Å². The van der Waals surface area contributed by atoms with Crippen molar-refractivity contribution in [1.82, 2.24) is 5.32 Å². The van der Waals surface area contributed by atoms with Crippen molar-refractivity contribution >= 4 is 31.9 Å². The van der Waals surface area contributed by atoms with Crippen LogP contribution in [0.1, 0.15) is 37.1 Å². The summed E-state index contributed by atoms with van der Waals surface area (Å²) in [5.41, 5.74) is 0.231. The number of piperidine rings is 1.